The van der Waals surface area contributed by atoms with Gasteiger partial charge in [0.1, 0.15) is 40.2 Å². The maximum atomic E-state index is 10.0. The van der Waals surface area contributed by atoms with Crippen LogP contribution in [0.4, 0.5) is 5.69 Å². The fourth-order valence-corrected chi connectivity index (χ4v) is 19.6. The monoisotopic (exact) mass is 1920 g/mol. The number of nitrogens with one attached hydrogen (secondary N) is 1. The Bertz CT molecular complexity index is 3930. The van der Waals surface area contributed by atoms with Gasteiger partial charge in [-0.1, -0.05) is 237 Å². The first kappa shape index (κ1) is 117. The van der Waals surface area contributed by atoms with E-state index >= 15 is 0 Å². The van der Waals surface area contributed by atoms with E-state index < -0.39 is 30.5 Å². The van der Waals surface area contributed by atoms with Crippen molar-refractivity contribution in [2.24, 2.45) is 47.2 Å². The summed E-state index contributed by atoms with van der Waals surface area (Å²) in [6, 6.07) is 54.7. The molecule has 0 radical (unpaired) electrons. The Balaban J connectivity index is 0.000000219. The smallest absolute Gasteiger partial charge is 0.121 e. The summed E-state index contributed by atoms with van der Waals surface area (Å²) >= 11 is 0. The van der Waals surface area contributed by atoms with Crippen molar-refractivity contribution in [3.63, 3.8) is 0 Å². The first-order valence-corrected chi connectivity index (χ1v) is 53.6. The van der Waals surface area contributed by atoms with Gasteiger partial charge in [-0.05, 0) is 321 Å². The lowest BCUT2D eigenvalue weighted by atomic mass is 9.87. The van der Waals surface area contributed by atoms with Gasteiger partial charge in [-0.15, -0.1) is 0 Å². The molecule has 14 rings (SSSR count). The van der Waals surface area contributed by atoms with Crippen LogP contribution < -0.4 is 44.2 Å². The van der Waals surface area contributed by atoms with Crippen LogP contribution >= 0.6 is 0 Å². The molecule has 774 valence electrons. The lowest BCUT2D eigenvalue weighted by Crippen LogP contribution is -2.29. The van der Waals surface area contributed by atoms with Gasteiger partial charge in [0, 0.05) is 24.2 Å². The minimum atomic E-state index is -0.528. The number of aliphatic hydroxyl groups is 11. The first-order chi connectivity index (χ1) is 66.6. The lowest BCUT2D eigenvalue weighted by Gasteiger charge is -2.27. The molecule has 14 N–H and O–H groups in total. The SMILES string of the molecule is C.CCCC(O)c1cccc(OCC2CCCCC2)c1.CCCNc1cccc(OCC2CCCCC2)c1.CCC[C@@H](O)c1cccc(OC[C@@H]2CCCC[C@@H]2O)c1.CCC[C@@H](O)c1cccc(OC[C@@H]2CCC[C@@H](O)C2)c1.CCC[C@@H](O)c1cccc(OC[C@H]2CCC[C@@H](O)C2)c1.CCC[C@@H](O)c1cccc(OC[C@H]2CCC[C@H](O)C2)c1.NCC[C@@H](O)c1cccc(OC[C@@H]2CCC[C@H](O)C2)c1. The van der Waals surface area contributed by atoms with E-state index in [1.165, 1.54) is 70.6 Å². The van der Waals surface area contributed by atoms with E-state index in [2.05, 4.69) is 71.1 Å². The molecule has 0 aliphatic heterocycles. The quantitative estimate of drug-likeness (QED) is 0.0169. The maximum absolute atomic E-state index is 10.0. The number of anilines is 1. The Hall–Kier alpha value is -7.54. The van der Waals surface area contributed by atoms with Crippen LogP contribution in [0.3, 0.4) is 0 Å². The minimum absolute atomic E-state index is 0. The van der Waals surface area contributed by atoms with E-state index in [1.54, 1.807) is 0 Å². The van der Waals surface area contributed by atoms with E-state index in [-0.39, 0.29) is 50.0 Å². The molecule has 138 heavy (non-hydrogen) atoms. The predicted molar refractivity (Wildman–Crippen MR) is 560 cm³/mol. The van der Waals surface area contributed by atoms with Crippen molar-refractivity contribution in [2.45, 2.75) is 386 Å². The van der Waals surface area contributed by atoms with Crippen LogP contribution in [0.2, 0.25) is 0 Å². The number of hydrogen-bond donors (Lipinski definition) is 13. The predicted octanol–water partition coefficient (Wildman–Crippen LogP) is 25.4. The second-order valence-corrected chi connectivity index (χ2v) is 40.0. The average Bonchev–Trinajstić information content (AvgIpc) is 0.887. The average molecular weight is 1920 g/mol. The molecule has 7 fully saturated rings. The zero-order valence-corrected chi connectivity index (χ0v) is 84.5. The Morgan fingerprint density at radius 2 is 0.507 bits per heavy atom. The van der Waals surface area contributed by atoms with Gasteiger partial charge < -0.3 is 100 Å². The summed E-state index contributed by atoms with van der Waals surface area (Å²) in [5.41, 5.74) is 12.1. The van der Waals surface area contributed by atoms with Gasteiger partial charge in [0.05, 0.1) is 113 Å². The summed E-state index contributed by atoms with van der Waals surface area (Å²) in [7, 11) is 0. The van der Waals surface area contributed by atoms with Crippen LogP contribution in [0, 0.1) is 41.4 Å². The number of nitrogens with two attached hydrogens (primary N) is 1. The Morgan fingerprint density at radius 1 is 0.268 bits per heavy atom. The van der Waals surface area contributed by atoms with Crippen LogP contribution in [0.25, 0.3) is 0 Å². The number of rotatable bonds is 42. The summed E-state index contributed by atoms with van der Waals surface area (Å²) in [6.07, 6.45) is 40.8. The van der Waals surface area contributed by atoms with Crippen LogP contribution in [0.5, 0.6) is 40.2 Å². The van der Waals surface area contributed by atoms with Gasteiger partial charge in [0.2, 0.25) is 0 Å². The molecular formula is C118H184N2O18. The summed E-state index contributed by atoms with van der Waals surface area (Å²) < 4.78 is 41.0. The fourth-order valence-electron chi connectivity index (χ4n) is 19.6. The summed E-state index contributed by atoms with van der Waals surface area (Å²) in [4.78, 5) is 0. The second-order valence-electron chi connectivity index (χ2n) is 40.0. The second kappa shape index (κ2) is 69.4. The summed E-state index contributed by atoms with van der Waals surface area (Å²) in [6.45, 7) is 18.9. The molecule has 0 amide bonds. The van der Waals surface area contributed by atoms with E-state index in [0.717, 1.165) is 304 Å². The van der Waals surface area contributed by atoms with Crippen LogP contribution in [-0.2, 0) is 0 Å². The van der Waals surface area contributed by atoms with Crippen LogP contribution in [0.15, 0.2) is 170 Å². The van der Waals surface area contributed by atoms with Crippen molar-refractivity contribution in [2.75, 3.05) is 64.7 Å². The van der Waals surface area contributed by atoms with Crippen molar-refractivity contribution < 1.29 is 89.3 Å². The third-order valence-corrected chi connectivity index (χ3v) is 27.8. The molecule has 0 saturated heterocycles. The highest BCUT2D eigenvalue weighted by atomic mass is 16.5. The van der Waals surface area contributed by atoms with Gasteiger partial charge in [-0.3, -0.25) is 0 Å². The normalized spacial score (nSPS) is 22.3. The summed E-state index contributed by atoms with van der Waals surface area (Å²) in [5.74, 6) is 9.42. The third kappa shape index (κ3) is 47.1. The molecule has 0 heterocycles. The number of ether oxygens (including phenoxy) is 7. The van der Waals surface area contributed by atoms with Gasteiger partial charge in [0.15, 0.2) is 0 Å². The molecule has 20 nitrogen and oxygen atoms in total. The molecule has 1 unspecified atom stereocenters. The highest BCUT2D eigenvalue weighted by molar-refractivity contribution is 5.48. The van der Waals surface area contributed by atoms with Gasteiger partial charge >= 0.3 is 0 Å². The zero-order valence-electron chi connectivity index (χ0n) is 84.5. The van der Waals surface area contributed by atoms with E-state index in [9.17, 15) is 56.2 Å². The minimum Gasteiger partial charge on any atom is -0.493 e. The van der Waals surface area contributed by atoms with Gasteiger partial charge in [-0.25, -0.2) is 0 Å². The maximum Gasteiger partial charge on any atom is 0.121 e. The standard InChI is InChI=1S/4C17H26O3.C17H26O2.C16H25NO3.C16H25NO.CH4/c3*1-2-5-17(19)14-7-4-9-16(11-14)20-12-13-6-3-8-15(18)10-13;1-2-6-16(18)13-8-5-9-15(11-13)20-12-14-7-3-4-10-17(14)19;1-2-7-17(18)15-10-6-11-16(12-15)19-13-14-8-4-3-5-9-14;17-8-7-16(19)13-4-2-6-15(10-13)20-11-12-3-1-5-14(18)9-12;1-2-11-17-15-9-6-10-16(12-15)18-13-14-7-4-3-5-8-14;/h3*4,7,9,11,13,15,17-19H,2-3,5-6,8,10,12H2,1H3;5,8-9,11,14,16-19H,2-4,6-7,10,12H2,1H3;6,10-12,14,17-18H,2-5,7-9,13H2,1H3;2,4,6,10,12,14,16,18-19H,1,3,5,7-9,11,17H2;6,9-10,12,14,17H,2-5,7-8,11,13H2,1H3;1H4/t13-,15+,17+;13-,15-,17+;13-,15-,17-;14-,16+,17-;;12-,14+,16-;;/m0010.1../s1. The van der Waals surface area contributed by atoms with Gasteiger partial charge in [0.25, 0.3) is 0 Å². The molecule has 7 aromatic rings. The number of benzene rings is 7. The molecule has 20 heteroatoms. The number of hydrogen-bond acceptors (Lipinski definition) is 20. The molecule has 7 aromatic carbocycles. The topological polar surface area (TPSA) is 325 Å². The number of aliphatic hydroxyl groups excluding tert-OH is 11. The highest BCUT2D eigenvalue weighted by Gasteiger charge is 2.28. The van der Waals surface area contributed by atoms with Crippen molar-refractivity contribution in [1.82, 2.24) is 0 Å². The molecule has 7 aliphatic carbocycles. The van der Waals surface area contributed by atoms with E-state index in [1.807, 2.05) is 146 Å². The van der Waals surface area contributed by atoms with Crippen LogP contribution in [0.1, 0.15) is 389 Å². The molecule has 16 atom stereocenters. The van der Waals surface area contributed by atoms with Crippen molar-refractivity contribution in [1.29, 1.82) is 0 Å². The zero-order chi connectivity index (χ0) is 98.0. The Kier molecular flexibility index (Phi) is 59.0. The van der Waals surface area contributed by atoms with Crippen LogP contribution in [-0.4, -0.2) is 146 Å². The molecule has 0 aromatic heterocycles. The molecule has 0 bridgehead atoms. The van der Waals surface area contributed by atoms with Crippen molar-refractivity contribution >= 4 is 5.69 Å². The van der Waals surface area contributed by atoms with Crippen molar-refractivity contribution in [3.8, 4) is 40.2 Å². The molecule has 7 aliphatic rings. The first-order valence-electron chi connectivity index (χ1n) is 53.6. The Morgan fingerprint density at radius 3 is 0.768 bits per heavy atom. The Labute approximate surface area is 831 Å². The molecule has 7 saturated carbocycles. The lowest BCUT2D eigenvalue weighted by molar-refractivity contribution is 0.0421. The largest absolute Gasteiger partial charge is 0.493 e. The highest BCUT2D eigenvalue weighted by Crippen LogP contribution is 2.36. The summed E-state index contributed by atoms with van der Waals surface area (Å²) in [5, 5.41) is 112. The van der Waals surface area contributed by atoms with E-state index in [4.69, 9.17) is 38.9 Å². The van der Waals surface area contributed by atoms with Crippen molar-refractivity contribution in [3.05, 3.63) is 203 Å². The molecule has 0 spiro atoms. The third-order valence-electron chi connectivity index (χ3n) is 27.8. The van der Waals surface area contributed by atoms with E-state index in [0.29, 0.717) is 69.7 Å². The fraction of sp³-hybridized carbons (Fsp3) is 0.644. The molecular weight excluding hydrogens is 1730 g/mol. The van der Waals surface area contributed by atoms with Gasteiger partial charge in [-0.2, -0.15) is 0 Å².